The number of likely N-dealkylation sites (tertiary alicyclic amines) is 1. The number of ether oxygens (including phenoxy) is 1. The highest BCUT2D eigenvalue weighted by atomic mass is 19.1. The number of allylic oxidation sites excluding steroid dienone is 2. The van der Waals surface area contributed by atoms with Crippen molar-refractivity contribution in [2.24, 2.45) is 29.6 Å². The van der Waals surface area contributed by atoms with Crippen LogP contribution in [0, 0.1) is 35.4 Å². The smallest absolute Gasteiger partial charge is 0.330 e. The van der Waals surface area contributed by atoms with Gasteiger partial charge < -0.3 is 10.1 Å². The predicted molar refractivity (Wildman–Crippen MR) is 104 cm³/mol. The number of carbonyl (C=O) groups excluding carboxylic acids is 4. The van der Waals surface area contributed by atoms with E-state index in [9.17, 15) is 23.6 Å². The van der Waals surface area contributed by atoms with Gasteiger partial charge in [0, 0.05) is 5.69 Å². The van der Waals surface area contributed by atoms with Gasteiger partial charge in [-0.1, -0.05) is 26.0 Å². The molecule has 30 heavy (non-hydrogen) atoms. The van der Waals surface area contributed by atoms with Crippen LogP contribution in [0.15, 0.2) is 36.4 Å². The first-order valence-electron chi connectivity index (χ1n) is 10.0. The van der Waals surface area contributed by atoms with Crippen LogP contribution in [-0.4, -0.2) is 41.2 Å². The van der Waals surface area contributed by atoms with Crippen molar-refractivity contribution >= 4 is 29.4 Å². The van der Waals surface area contributed by atoms with Crippen LogP contribution in [0.4, 0.5) is 10.1 Å². The standard InChI is InChI=1S/C22H23FN2O5/c1-11(2)19(22(29)30-10-16(26)24-15-7-5-14(23)6-8-15)25-20(27)17-12-3-4-13(9-12)18(17)21(25)28/h3-8,11-13,17-19H,9-10H2,1-2H3,(H,24,26)/t12-,13-,17-,18+,19+/m0/s1. The van der Waals surface area contributed by atoms with Gasteiger partial charge in [-0.25, -0.2) is 9.18 Å². The maximum atomic E-state index is 13.0. The van der Waals surface area contributed by atoms with Crippen molar-refractivity contribution in [2.45, 2.75) is 26.3 Å². The van der Waals surface area contributed by atoms with Gasteiger partial charge in [-0.3, -0.25) is 19.3 Å². The summed E-state index contributed by atoms with van der Waals surface area (Å²) in [4.78, 5) is 51.9. The third kappa shape index (κ3) is 3.40. The molecule has 1 saturated carbocycles. The fourth-order valence-corrected chi connectivity index (χ4v) is 4.83. The summed E-state index contributed by atoms with van der Waals surface area (Å²) in [5, 5.41) is 2.49. The molecule has 2 fully saturated rings. The third-order valence-corrected chi connectivity index (χ3v) is 6.13. The Morgan fingerprint density at radius 1 is 1.10 bits per heavy atom. The molecule has 1 aromatic rings. The van der Waals surface area contributed by atoms with E-state index in [-0.39, 0.29) is 29.6 Å². The number of hydrogen-bond acceptors (Lipinski definition) is 5. The molecule has 3 aliphatic rings. The average molecular weight is 414 g/mol. The first kappa shape index (κ1) is 20.3. The number of amides is 3. The molecule has 0 radical (unpaired) electrons. The summed E-state index contributed by atoms with van der Waals surface area (Å²) in [5.74, 6) is -3.55. The van der Waals surface area contributed by atoms with E-state index >= 15 is 0 Å². The molecular weight excluding hydrogens is 391 g/mol. The quantitative estimate of drug-likeness (QED) is 0.437. The van der Waals surface area contributed by atoms with E-state index in [1.165, 1.54) is 24.3 Å². The molecule has 2 aliphatic carbocycles. The van der Waals surface area contributed by atoms with Crippen molar-refractivity contribution in [1.82, 2.24) is 4.90 Å². The summed E-state index contributed by atoms with van der Waals surface area (Å²) in [6, 6.07) is 4.08. The number of fused-ring (bicyclic) bond motifs is 5. The number of esters is 1. The molecule has 3 amide bonds. The molecule has 1 saturated heterocycles. The number of nitrogens with zero attached hydrogens (tertiary/aromatic N) is 1. The molecule has 7 nitrogen and oxygen atoms in total. The minimum absolute atomic E-state index is 0.0479. The summed E-state index contributed by atoms with van der Waals surface area (Å²) in [6.45, 7) is 2.88. The first-order chi connectivity index (χ1) is 14.3. The molecule has 4 rings (SSSR count). The Morgan fingerprint density at radius 3 is 2.20 bits per heavy atom. The lowest BCUT2D eigenvalue weighted by molar-refractivity contribution is -0.162. The second kappa shape index (κ2) is 7.66. The van der Waals surface area contributed by atoms with Crippen LogP contribution in [0.25, 0.3) is 0 Å². The van der Waals surface area contributed by atoms with Crippen LogP contribution < -0.4 is 5.32 Å². The van der Waals surface area contributed by atoms with Gasteiger partial charge in [-0.05, 0) is 48.4 Å². The lowest BCUT2D eigenvalue weighted by Gasteiger charge is -2.28. The molecule has 2 bridgehead atoms. The topological polar surface area (TPSA) is 92.8 Å². The van der Waals surface area contributed by atoms with Crippen LogP contribution in [0.1, 0.15) is 20.3 Å². The number of imide groups is 1. The molecule has 5 atom stereocenters. The number of benzene rings is 1. The SMILES string of the molecule is CC(C)[C@H](C(=O)OCC(=O)Nc1ccc(F)cc1)N1C(=O)[C@@H]2[C@H](C1=O)[C@H]1C=C[C@H]2C1. The van der Waals surface area contributed by atoms with E-state index in [0.29, 0.717) is 5.69 Å². The van der Waals surface area contributed by atoms with Gasteiger partial charge in [0.1, 0.15) is 11.9 Å². The molecule has 0 aromatic heterocycles. The van der Waals surface area contributed by atoms with Gasteiger partial charge in [-0.15, -0.1) is 0 Å². The fourth-order valence-electron chi connectivity index (χ4n) is 4.83. The molecule has 158 valence electrons. The lowest BCUT2D eigenvalue weighted by Crippen LogP contribution is -2.50. The number of carbonyl (C=O) groups is 4. The van der Waals surface area contributed by atoms with Crippen molar-refractivity contribution in [2.75, 3.05) is 11.9 Å². The predicted octanol–water partition coefficient (Wildman–Crippen LogP) is 2.14. The van der Waals surface area contributed by atoms with Crippen molar-refractivity contribution in [3.05, 3.63) is 42.2 Å². The number of nitrogens with one attached hydrogen (secondary N) is 1. The average Bonchev–Trinajstić information content (AvgIpc) is 3.38. The molecular formula is C22H23FN2O5. The van der Waals surface area contributed by atoms with E-state index in [1.54, 1.807) is 13.8 Å². The molecule has 0 spiro atoms. The molecule has 1 aliphatic heterocycles. The number of rotatable bonds is 6. The highest BCUT2D eigenvalue weighted by Gasteiger charge is 2.61. The van der Waals surface area contributed by atoms with Gasteiger partial charge in [0.05, 0.1) is 11.8 Å². The second-order valence-electron chi connectivity index (χ2n) is 8.40. The molecule has 0 unspecified atom stereocenters. The van der Waals surface area contributed by atoms with Crippen LogP contribution in [0.2, 0.25) is 0 Å². The Balaban J connectivity index is 1.41. The van der Waals surface area contributed by atoms with E-state index in [4.69, 9.17) is 4.74 Å². The summed E-state index contributed by atoms with van der Waals surface area (Å²) in [7, 11) is 0. The first-order valence-corrected chi connectivity index (χ1v) is 10.0. The zero-order chi connectivity index (χ0) is 21.6. The van der Waals surface area contributed by atoms with Crippen molar-refractivity contribution < 1.29 is 28.3 Å². The van der Waals surface area contributed by atoms with E-state index < -0.39 is 42.2 Å². The summed E-state index contributed by atoms with van der Waals surface area (Å²) >= 11 is 0. The molecule has 1 heterocycles. The number of hydrogen-bond donors (Lipinski definition) is 1. The molecule has 8 heteroatoms. The fraction of sp³-hybridized carbons (Fsp3) is 0.455. The van der Waals surface area contributed by atoms with Gasteiger partial charge in [-0.2, -0.15) is 0 Å². The van der Waals surface area contributed by atoms with Crippen LogP contribution in [0.5, 0.6) is 0 Å². The van der Waals surface area contributed by atoms with Crippen LogP contribution in [-0.2, 0) is 23.9 Å². The highest BCUT2D eigenvalue weighted by molar-refractivity contribution is 6.09. The summed E-state index contributed by atoms with van der Waals surface area (Å²) < 4.78 is 18.1. The number of anilines is 1. The van der Waals surface area contributed by atoms with E-state index in [1.807, 2.05) is 12.2 Å². The molecule has 1 aromatic carbocycles. The Kier molecular flexibility index (Phi) is 5.17. The van der Waals surface area contributed by atoms with Crippen molar-refractivity contribution in [3.63, 3.8) is 0 Å². The largest absolute Gasteiger partial charge is 0.454 e. The Labute approximate surface area is 173 Å². The van der Waals surface area contributed by atoms with E-state index in [0.717, 1.165) is 11.3 Å². The summed E-state index contributed by atoms with van der Waals surface area (Å²) in [6.07, 6.45) is 4.78. The second-order valence-corrected chi connectivity index (χ2v) is 8.40. The van der Waals surface area contributed by atoms with Crippen molar-refractivity contribution in [1.29, 1.82) is 0 Å². The maximum Gasteiger partial charge on any atom is 0.330 e. The van der Waals surface area contributed by atoms with Gasteiger partial charge in [0.25, 0.3) is 5.91 Å². The third-order valence-electron chi connectivity index (χ3n) is 6.13. The van der Waals surface area contributed by atoms with Crippen LogP contribution in [0.3, 0.4) is 0 Å². The van der Waals surface area contributed by atoms with Gasteiger partial charge in [0.2, 0.25) is 11.8 Å². The summed E-state index contributed by atoms with van der Waals surface area (Å²) in [5.41, 5.74) is 0.360. The van der Waals surface area contributed by atoms with Crippen LogP contribution >= 0.6 is 0 Å². The number of halogens is 1. The zero-order valence-corrected chi connectivity index (χ0v) is 16.7. The Morgan fingerprint density at radius 2 is 1.67 bits per heavy atom. The zero-order valence-electron chi connectivity index (χ0n) is 16.7. The lowest BCUT2D eigenvalue weighted by atomic mass is 9.85. The minimum Gasteiger partial charge on any atom is -0.454 e. The Bertz CT molecular complexity index is 896. The highest BCUT2D eigenvalue weighted by Crippen LogP contribution is 2.53. The Hall–Kier alpha value is -3.03. The monoisotopic (exact) mass is 414 g/mol. The van der Waals surface area contributed by atoms with Gasteiger partial charge in [0.15, 0.2) is 6.61 Å². The maximum absolute atomic E-state index is 13.0. The van der Waals surface area contributed by atoms with Crippen molar-refractivity contribution in [3.8, 4) is 0 Å². The molecule has 1 N–H and O–H groups in total. The normalized spacial score (nSPS) is 27.5. The van der Waals surface area contributed by atoms with E-state index in [2.05, 4.69) is 5.32 Å². The minimum atomic E-state index is -1.08. The van der Waals surface area contributed by atoms with Gasteiger partial charge >= 0.3 is 5.97 Å².